The second-order valence-electron chi connectivity index (χ2n) is 7.00. The number of rotatable bonds is 4. The molecule has 0 radical (unpaired) electrons. The quantitative estimate of drug-likeness (QED) is 0.892. The fraction of sp³-hybridized carbons (Fsp3) is 0.364. The predicted octanol–water partition coefficient (Wildman–Crippen LogP) is 4.33. The number of carbonyl (C=O) groups excluding carboxylic acids is 2. The summed E-state index contributed by atoms with van der Waals surface area (Å²) in [7, 11) is 1.72. The first-order chi connectivity index (χ1) is 12.6. The van der Waals surface area contributed by atoms with Crippen LogP contribution < -0.4 is 10.2 Å². The molecule has 4 nitrogen and oxygen atoms in total. The van der Waals surface area contributed by atoms with Crippen LogP contribution in [0, 0.1) is 6.92 Å². The van der Waals surface area contributed by atoms with Gasteiger partial charge in [-0.1, -0.05) is 49.6 Å². The topological polar surface area (TPSA) is 49.4 Å². The van der Waals surface area contributed by atoms with Crippen LogP contribution in [0.1, 0.15) is 58.4 Å². The van der Waals surface area contributed by atoms with Gasteiger partial charge in [-0.2, -0.15) is 0 Å². The van der Waals surface area contributed by atoms with Crippen LogP contribution in [0.5, 0.6) is 0 Å². The second kappa shape index (κ2) is 8.17. The van der Waals surface area contributed by atoms with E-state index in [0.29, 0.717) is 16.8 Å². The van der Waals surface area contributed by atoms with Crippen molar-refractivity contribution >= 4 is 17.5 Å². The van der Waals surface area contributed by atoms with Gasteiger partial charge in [0.25, 0.3) is 11.8 Å². The molecule has 1 fully saturated rings. The largest absolute Gasteiger partial charge is 0.349 e. The molecule has 0 spiro atoms. The normalized spacial score (nSPS) is 14.7. The van der Waals surface area contributed by atoms with Crippen molar-refractivity contribution in [2.24, 2.45) is 0 Å². The van der Waals surface area contributed by atoms with Crippen molar-refractivity contribution < 1.29 is 9.59 Å². The van der Waals surface area contributed by atoms with Gasteiger partial charge in [0.05, 0.1) is 11.3 Å². The number of carbonyl (C=O) groups is 2. The van der Waals surface area contributed by atoms with Crippen LogP contribution in [0.3, 0.4) is 0 Å². The average Bonchev–Trinajstić information content (AvgIpc) is 2.68. The highest BCUT2D eigenvalue weighted by Crippen LogP contribution is 2.23. The molecule has 0 aliphatic heterocycles. The molecule has 3 rings (SSSR count). The van der Waals surface area contributed by atoms with Gasteiger partial charge in [-0.3, -0.25) is 9.59 Å². The Balaban J connectivity index is 1.83. The number of nitrogens with zero attached hydrogens (tertiary/aromatic N) is 1. The maximum Gasteiger partial charge on any atom is 0.258 e. The van der Waals surface area contributed by atoms with Crippen molar-refractivity contribution in [2.45, 2.75) is 45.1 Å². The molecule has 2 aromatic carbocycles. The number of amides is 2. The Morgan fingerprint density at radius 1 is 0.923 bits per heavy atom. The van der Waals surface area contributed by atoms with Gasteiger partial charge >= 0.3 is 0 Å². The van der Waals surface area contributed by atoms with E-state index < -0.39 is 0 Å². The molecular formula is C22H26N2O2. The summed E-state index contributed by atoms with van der Waals surface area (Å²) in [5, 5.41) is 3.14. The third kappa shape index (κ3) is 3.96. The fourth-order valence-corrected chi connectivity index (χ4v) is 3.57. The molecule has 1 aliphatic carbocycles. The monoisotopic (exact) mass is 350 g/mol. The summed E-state index contributed by atoms with van der Waals surface area (Å²) in [6.45, 7) is 1.92. The average molecular weight is 350 g/mol. The molecule has 1 saturated carbocycles. The zero-order chi connectivity index (χ0) is 18.5. The van der Waals surface area contributed by atoms with Gasteiger partial charge in [-0.05, 0) is 43.5 Å². The van der Waals surface area contributed by atoms with Gasteiger partial charge in [0.2, 0.25) is 0 Å². The smallest absolute Gasteiger partial charge is 0.258 e. The fourth-order valence-electron chi connectivity index (χ4n) is 3.57. The third-order valence-electron chi connectivity index (χ3n) is 5.13. The SMILES string of the molecule is Cc1ccccc1C(=O)N(C)c1ccccc1C(=O)NC1CCCCC1. The van der Waals surface area contributed by atoms with Crippen molar-refractivity contribution in [3.8, 4) is 0 Å². The Kier molecular flexibility index (Phi) is 5.71. The van der Waals surface area contributed by atoms with E-state index in [1.807, 2.05) is 49.4 Å². The lowest BCUT2D eigenvalue weighted by Crippen LogP contribution is -2.37. The highest BCUT2D eigenvalue weighted by molar-refractivity contribution is 6.10. The highest BCUT2D eigenvalue weighted by Gasteiger charge is 2.22. The van der Waals surface area contributed by atoms with Crippen LogP contribution >= 0.6 is 0 Å². The van der Waals surface area contributed by atoms with Crippen LogP contribution in [0.15, 0.2) is 48.5 Å². The standard InChI is InChI=1S/C22H26N2O2/c1-16-10-6-7-13-18(16)22(26)24(2)20-15-9-8-14-19(20)21(25)23-17-11-4-3-5-12-17/h6-10,13-15,17H,3-5,11-12H2,1-2H3,(H,23,25). The minimum Gasteiger partial charge on any atom is -0.349 e. The first-order valence-electron chi connectivity index (χ1n) is 9.31. The van der Waals surface area contributed by atoms with Crippen LogP contribution in [0.2, 0.25) is 0 Å². The molecule has 2 aromatic rings. The lowest BCUT2D eigenvalue weighted by atomic mass is 9.95. The number of hydrogen-bond donors (Lipinski definition) is 1. The van der Waals surface area contributed by atoms with E-state index in [-0.39, 0.29) is 17.9 Å². The van der Waals surface area contributed by atoms with E-state index in [1.54, 1.807) is 18.0 Å². The van der Waals surface area contributed by atoms with Crippen molar-refractivity contribution in [2.75, 3.05) is 11.9 Å². The summed E-state index contributed by atoms with van der Waals surface area (Å²) in [4.78, 5) is 27.3. The molecule has 0 atom stereocenters. The Bertz CT molecular complexity index is 794. The van der Waals surface area contributed by atoms with Gasteiger partial charge in [-0.15, -0.1) is 0 Å². The molecule has 2 amide bonds. The van der Waals surface area contributed by atoms with Gasteiger partial charge in [-0.25, -0.2) is 0 Å². The van der Waals surface area contributed by atoms with Gasteiger partial charge in [0, 0.05) is 18.7 Å². The van der Waals surface area contributed by atoms with E-state index in [2.05, 4.69) is 5.32 Å². The van der Waals surface area contributed by atoms with Gasteiger partial charge < -0.3 is 10.2 Å². The minimum atomic E-state index is -0.110. The summed E-state index contributed by atoms with van der Waals surface area (Å²) in [5.74, 6) is -0.210. The van der Waals surface area contributed by atoms with E-state index in [9.17, 15) is 9.59 Å². The number of para-hydroxylation sites is 1. The first kappa shape index (κ1) is 18.2. The molecule has 0 saturated heterocycles. The van der Waals surface area contributed by atoms with Crippen molar-refractivity contribution in [1.82, 2.24) is 5.32 Å². The van der Waals surface area contributed by atoms with E-state index in [0.717, 1.165) is 31.2 Å². The maximum atomic E-state index is 12.9. The van der Waals surface area contributed by atoms with Crippen molar-refractivity contribution in [3.05, 3.63) is 65.2 Å². The number of anilines is 1. The van der Waals surface area contributed by atoms with Gasteiger partial charge in [0.15, 0.2) is 0 Å². The Hall–Kier alpha value is -2.62. The molecule has 0 bridgehead atoms. The third-order valence-corrected chi connectivity index (χ3v) is 5.13. The number of benzene rings is 2. The Labute approximate surface area is 155 Å². The van der Waals surface area contributed by atoms with Crippen LogP contribution in [0.25, 0.3) is 0 Å². The summed E-state index contributed by atoms with van der Waals surface area (Å²) in [6.07, 6.45) is 5.64. The summed E-state index contributed by atoms with van der Waals surface area (Å²) >= 11 is 0. The first-order valence-corrected chi connectivity index (χ1v) is 9.31. The van der Waals surface area contributed by atoms with Crippen LogP contribution in [-0.2, 0) is 0 Å². The number of nitrogens with one attached hydrogen (secondary N) is 1. The molecular weight excluding hydrogens is 324 g/mol. The molecule has 0 aromatic heterocycles. The second-order valence-corrected chi connectivity index (χ2v) is 7.00. The molecule has 0 heterocycles. The van der Waals surface area contributed by atoms with E-state index >= 15 is 0 Å². The Morgan fingerprint density at radius 3 is 2.23 bits per heavy atom. The predicted molar refractivity (Wildman–Crippen MR) is 105 cm³/mol. The lowest BCUT2D eigenvalue weighted by Gasteiger charge is -2.25. The maximum absolute atomic E-state index is 12.9. The Morgan fingerprint density at radius 2 is 1.54 bits per heavy atom. The van der Waals surface area contributed by atoms with Crippen molar-refractivity contribution in [1.29, 1.82) is 0 Å². The number of aryl methyl sites for hydroxylation is 1. The van der Waals surface area contributed by atoms with Crippen LogP contribution in [-0.4, -0.2) is 24.9 Å². The lowest BCUT2D eigenvalue weighted by molar-refractivity contribution is 0.0928. The molecule has 0 unspecified atom stereocenters. The van der Waals surface area contributed by atoms with E-state index in [1.165, 1.54) is 6.42 Å². The summed E-state index contributed by atoms with van der Waals surface area (Å²) in [6, 6.07) is 15.1. The van der Waals surface area contributed by atoms with Crippen LogP contribution in [0.4, 0.5) is 5.69 Å². The molecule has 26 heavy (non-hydrogen) atoms. The molecule has 136 valence electrons. The summed E-state index contributed by atoms with van der Waals surface area (Å²) in [5.41, 5.74) is 2.75. The highest BCUT2D eigenvalue weighted by atomic mass is 16.2. The molecule has 1 N–H and O–H groups in total. The minimum absolute atomic E-state index is 0.100. The molecule has 1 aliphatic rings. The zero-order valence-corrected chi connectivity index (χ0v) is 15.5. The zero-order valence-electron chi connectivity index (χ0n) is 15.5. The van der Waals surface area contributed by atoms with Crippen molar-refractivity contribution in [3.63, 3.8) is 0 Å². The number of hydrogen-bond acceptors (Lipinski definition) is 2. The van der Waals surface area contributed by atoms with Gasteiger partial charge in [0.1, 0.15) is 0 Å². The molecule has 4 heteroatoms. The summed E-state index contributed by atoms with van der Waals surface area (Å²) < 4.78 is 0. The van der Waals surface area contributed by atoms with E-state index in [4.69, 9.17) is 0 Å².